The van der Waals surface area contributed by atoms with Crippen molar-refractivity contribution in [1.29, 1.82) is 0 Å². The van der Waals surface area contributed by atoms with Gasteiger partial charge in [0.25, 0.3) is 0 Å². The summed E-state index contributed by atoms with van der Waals surface area (Å²) in [7, 11) is -1.55. The van der Waals surface area contributed by atoms with Gasteiger partial charge in [0.2, 0.25) is 9.84 Å². The fourth-order valence-corrected chi connectivity index (χ4v) is 4.34. The van der Waals surface area contributed by atoms with Crippen LogP contribution in [0.4, 0.5) is 5.69 Å². The van der Waals surface area contributed by atoms with Crippen LogP contribution in [0.2, 0.25) is 0 Å². The zero-order valence-corrected chi connectivity index (χ0v) is 16.2. The maximum Gasteiger partial charge on any atom is 0.206 e. The highest BCUT2D eigenvalue weighted by molar-refractivity contribution is 7.91. The molecule has 140 valence electrons. The third kappa shape index (κ3) is 4.21. The molecule has 0 amide bonds. The molecule has 0 saturated carbocycles. The number of rotatable bonds is 6. The Morgan fingerprint density at radius 2 is 1.41 bits per heavy atom. The minimum atomic E-state index is -3.50. The van der Waals surface area contributed by atoms with E-state index in [0.717, 1.165) is 16.8 Å². The molecular formula is C22H23NO3S. The summed E-state index contributed by atoms with van der Waals surface area (Å²) in [5.74, 6) is 0. The number of anilines is 1. The first-order chi connectivity index (χ1) is 12.9. The Balaban J connectivity index is 1.81. The number of nitrogens with zero attached hydrogens (tertiary/aromatic N) is 1. The first-order valence-corrected chi connectivity index (χ1v) is 10.2. The number of aliphatic hydroxyl groups excluding tert-OH is 1. The van der Waals surface area contributed by atoms with Gasteiger partial charge in [-0.25, -0.2) is 8.42 Å². The van der Waals surface area contributed by atoms with Gasteiger partial charge in [0.15, 0.2) is 0 Å². The van der Waals surface area contributed by atoms with Crippen LogP contribution in [0, 0.1) is 0 Å². The quantitative estimate of drug-likeness (QED) is 0.695. The number of para-hydroxylation sites is 1. The minimum absolute atomic E-state index is 0.282. The van der Waals surface area contributed by atoms with E-state index in [0.29, 0.717) is 11.4 Å². The predicted octanol–water partition coefficient (Wildman–Crippen LogP) is 4.21. The summed E-state index contributed by atoms with van der Waals surface area (Å²) in [5.41, 5.74) is 2.81. The molecule has 0 saturated heterocycles. The van der Waals surface area contributed by atoms with Crippen LogP contribution in [0.15, 0.2) is 88.7 Å². The second-order valence-corrected chi connectivity index (χ2v) is 8.50. The number of aliphatic hydroxyl groups is 1. The molecule has 4 nitrogen and oxygen atoms in total. The van der Waals surface area contributed by atoms with E-state index in [-0.39, 0.29) is 4.90 Å². The third-order valence-electron chi connectivity index (χ3n) is 4.50. The Morgan fingerprint density at radius 1 is 0.852 bits per heavy atom. The van der Waals surface area contributed by atoms with Gasteiger partial charge in [-0.1, -0.05) is 48.5 Å². The average Bonchev–Trinajstić information content (AvgIpc) is 2.69. The normalized spacial score (nSPS) is 12.6. The van der Waals surface area contributed by atoms with Crippen molar-refractivity contribution in [1.82, 2.24) is 0 Å². The van der Waals surface area contributed by atoms with E-state index in [9.17, 15) is 13.5 Å². The van der Waals surface area contributed by atoms with Crippen molar-refractivity contribution in [2.24, 2.45) is 0 Å². The summed E-state index contributed by atoms with van der Waals surface area (Å²) < 4.78 is 25.3. The van der Waals surface area contributed by atoms with Crippen LogP contribution < -0.4 is 4.90 Å². The van der Waals surface area contributed by atoms with Gasteiger partial charge in [-0.05, 0) is 42.8 Å². The smallest absolute Gasteiger partial charge is 0.206 e. The molecule has 0 aromatic heterocycles. The minimum Gasteiger partial charge on any atom is -0.389 e. The van der Waals surface area contributed by atoms with Gasteiger partial charge < -0.3 is 10.0 Å². The molecule has 0 radical (unpaired) electrons. The molecule has 5 heteroatoms. The largest absolute Gasteiger partial charge is 0.389 e. The van der Waals surface area contributed by atoms with Crippen molar-refractivity contribution in [2.45, 2.75) is 29.4 Å². The Morgan fingerprint density at radius 3 is 2.04 bits per heavy atom. The van der Waals surface area contributed by atoms with E-state index in [2.05, 4.69) is 0 Å². The molecule has 27 heavy (non-hydrogen) atoms. The molecule has 3 rings (SSSR count). The molecule has 1 N–H and O–H groups in total. The maximum absolute atomic E-state index is 12.7. The molecule has 0 aliphatic carbocycles. The van der Waals surface area contributed by atoms with Crippen LogP contribution in [0.3, 0.4) is 0 Å². The monoisotopic (exact) mass is 381 g/mol. The van der Waals surface area contributed by atoms with Crippen molar-refractivity contribution < 1.29 is 13.5 Å². The van der Waals surface area contributed by atoms with Crippen molar-refractivity contribution in [3.8, 4) is 0 Å². The van der Waals surface area contributed by atoms with E-state index >= 15 is 0 Å². The number of hydrogen-bond acceptors (Lipinski definition) is 4. The summed E-state index contributed by atoms with van der Waals surface area (Å²) in [5, 5.41) is 9.96. The van der Waals surface area contributed by atoms with Gasteiger partial charge >= 0.3 is 0 Å². The molecule has 0 aliphatic rings. The van der Waals surface area contributed by atoms with Gasteiger partial charge in [-0.3, -0.25) is 0 Å². The van der Waals surface area contributed by atoms with Gasteiger partial charge in [0.1, 0.15) is 0 Å². The highest BCUT2D eigenvalue weighted by Gasteiger charge is 2.17. The lowest BCUT2D eigenvalue weighted by atomic mass is 10.1. The van der Waals surface area contributed by atoms with E-state index in [1.165, 1.54) is 0 Å². The standard InChI is InChI=1S/C22H23NO3S/c1-17(24)21-10-6-7-11-22(21)23(2)16-18-12-14-20(15-13-18)27(25,26)19-8-4-3-5-9-19/h3-15,17,24H,16H2,1-2H3/t17-/m1/s1. The number of hydrogen-bond donors (Lipinski definition) is 1. The highest BCUT2D eigenvalue weighted by Crippen LogP contribution is 2.27. The fourth-order valence-electron chi connectivity index (χ4n) is 3.06. The lowest BCUT2D eigenvalue weighted by Crippen LogP contribution is -2.18. The first kappa shape index (κ1) is 19.1. The second-order valence-electron chi connectivity index (χ2n) is 6.55. The van der Waals surface area contributed by atoms with E-state index in [1.807, 2.05) is 48.3 Å². The fraction of sp³-hybridized carbons (Fsp3) is 0.182. The zero-order valence-electron chi connectivity index (χ0n) is 15.4. The average molecular weight is 381 g/mol. The molecular weight excluding hydrogens is 358 g/mol. The Hall–Kier alpha value is -2.63. The number of benzene rings is 3. The molecule has 3 aromatic rings. The van der Waals surface area contributed by atoms with Crippen LogP contribution >= 0.6 is 0 Å². The van der Waals surface area contributed by atoms with Gasteiger partial charge in [0.05, 0.1) is 15.9 Å². The lowest BCUT2D eigenvalue weighted by Gasteiger charge is -2.23. The summed E-state index contributed by atoms with van der Waals surface area (Å²) in [6.45, 7) is 2.35. The van der Waals surface area contributed by atoms with Crippen molar-refractivity contribution in [2.75, 3.05) is 11.9 Å². The molecule has 0 spiro atoms. The van der Waals surface area contributed by atoms with Crippen LogP contribution in [0.5, 0.6) is 0 Å². The summed E-state index contributed by atoms with van der Waals surface area (Å²) in [6.07, 6.45) is -0.554. The molecule has 0 heterocycles. The van der Waals surface area contributed by atoms with E-state index in [4.69, 9.17) is 0 Å². The maximum atomic E-state index is 12.7. The van der Waals surface area contributed by atoms with Crippen LogP contribution in [0.1, 0.15) is 24.2 Å². The van der Waals surface area contributed by atoms with Gasteiger partial charge in [-0.2, -0.15) is 0 Å². The molecule has 0 fully saturated rings. The van der Waals surface area contributed by atoms with Crippen molar-refractivity contribution >= 4 is 15.5 Å². The molecule has 0 aliphatic heterocycles. The Labute approximate surface area is 160 Å². The predicted molar refractivity (Wildman–Crippen MR) is 108 cm³/mol. The van der Waals surface area contributed by atoms with E-state index in [1.54, 1.807) is 49.4 Å². The summed E-state index contributed by atoms with van der Waals surface area (Å²) in [4.78, 5) is 2.62. The molecule has 3 aromatic carbocycles. The summed E-state index contributed by atoms with van der Waals surface area (Å²) in [6, 6.07) is 23.1. The number of sulfone groups is 1. The zero-order chi connectivity index (χ0) is 19.4. The molecule has 1 atom stereocenters. The van der Waals surface area contributed by atoms with E-state index < -0.39 is 15.9 Å². The van der Waals surface area contributed by atoms with Crippen molar-refractivity contribution in [3.63, 3.8) is 0 Å². The lowest BCUT2D eigenvalue weighted by molar-refractivity contribution is 0.199. The molecule has 0 unspecified atom stereocenters. The molecule has 0 bridgehead atoms. The topological polar surface area (TPSA) is 57.6 Å². The highest BCUT2D eigenvalue weighted by atomic mass is 32.2. The van der Waals surface area contributed by atoms with Gasteiger partial charge in [0, 0.05) is 24.8 Å². The second kappa shape index (κ2) is 7.94. The Bertz CT molecular complexity index is 997. The SMILES string of the molecule is C[C@@H](O)c1ccccc1N(C)Cc1ccc(S(=O)(=O)c2ccccc2)cc1. The van der Waals surface area contributed by atoms with Gasteiger partial charge in [-0.15, -0.1) is 0 Å². The van der Waals surface area contributed by atoms with Crippen molar-refractivity contribution in [3.05, 3.63) is 90.0 Å². The van der Waals surface area contributed by atoms with Crippen LogP contribution in [0.25, 0.3) is 0 Å². The Kier molecular flexibility index (Phi) is 5.63. The summed E-state index contributed by atoms with van der Waals surface area (Å²) >= 11 is 0. The first-order valence-electron chi connectivity index (χ1n) is 8.77. The third-order valence-corrected chi connectivity index (χ3v) is 6.29. The van der Waals surface area contributed by atoms with Crippen LogP contribution in [-0.4, -0.2) is 20.6 Å². The van der Waals surface area contributed by atoms with Crippen LogP contribution in [-0.2, 0) is 16.4 Å².